The van der Waals surface area contributed by atoms with Gasteiger partial charge in [0.05, 0.1) is 6.61 Å². The molecule has 3 heteroatoms. The highest BCUT2D eigenvalue weighted by Crippen LogP contribution is 2.46. The zero-order valence-corrected chi connectivity index (χ0v) is 12.4. The van der Waals surface area contributed by atoms with Crippen molar-refractivity contribution in [2.75, 3.05) is 20.8 Å². The summed E-state index contributed by atoms with van der Waals surface area (Å²) in [4.78, 5) is 2.58. The van der Waals surface area contributed by atoms with E-state index in [0.717, 1.165) is 17.7 Å². The number of benzene rings is 1. The maximum atomic E-state index is 6.01. The minimum Gasteiger partial charge on any atom is -0.384 e. The van der Waals surface area contributed by atoms with Gasteiger partial charge in [-0.2, -0.15) is 0 Å². The molecule has 2 bridgehead atoms. The molecule has 0 radical (unpaired) electrons. The van der Waals surface area contributed by atoms with Crippen molar-refractivity contribution in [2.45, 2.75) is 37.3 Å². The number of fused-ring (bicyclic) bond motifs is 2. The molecule has 0 aromatic heterocycles. The quantitative estimate of drug-likeness (QED) is 0.839. The topological polar surface area (TPSA) is 12.5 Å². The van der Waals surface area contributed by atoms with Crippen molar-refractivity contribution in [2.24, 2.45) is 5.92 Å². The van der Waals surface area contributed by atoms with E-state index in [4.69, 9.17) is 16.3 Å². The molecule has 1 aromatic carbocycles. The molecule has 19 heavy (non-hydrogen) atoms. The zero-order valence-electron chi connectivity index (χ0n) is 11.7. The van der Waals surface area contributed by atoms with Crippen molar-refractivity contribution >= 4 is 11.6 Å². The van der Waals surface area contributed by atoms with Crippen molar-refractivity contribution in [3.8, 4) is 0 Å². The van der Waals surface area contributed by atoms with Crippen molar-refractivity contribution in [3.05, 3.63) is 34.9 Å². The fraction of sp³-hybridized carbons (Fsp3) is 0.625. The molecule has 2 unspecified atom stereocenters. The molecule has 2 aliphatic heterocycles. The van der Waals surface area contributed by atoms with Gasteiger partial charge in [0.2, 0.25) is 0 Å². The van der Waals surface area contributed by atoms with E-state index in [1.165, 1.54) is 24.8 Å². The predicted octanol–water partition coefficient (Wildman–Crippen LogP) is 3.55. The number of ether oxygens (including phenoxy) is 1. The smallest absolute Gasteiger partial charge is 0.0511 e. The molecule has 0 N–H and O–H groups in total. The summed E-state index contributed by atoms with van der Waals surface area (Å²) < 4.78 is 5.50. The van der Waals surface area contributed by atoms with Gasteiger partial charge in [0.25, 0.3) is 0 Å². The number of hydrogen-bond acceptors (Lipinski definition) is 2. The van der Waals surface area contributed by atoms with E-state index in [1.807, 2.05) is 19.2 Å². The molecule has 0 spiro atoms. The molecule has 4 atom stereocenters. The highest BCUT2D eigenvalue weighted by Gasteiger charge is 2.45. The molecule has 3 rings (SSSR count). The Bertz CT molecular complexity index is 433. The average molecular weight is 280 g/mol. The van der Waals surface area contributed by atoms with Crippen LogP contribution in [0.4, 0.5) is 0 Å². The highest BCUT2D eigenvalue weighted by molar-refractivity contribution is 6.30. The summed E-state index contributed by atoms with van der Waals surface area (Å²) in [5, 5.41) is 0.822. The van der Waals surface area contributed by atoms with Crippen LogP contribution in [0.1, 0.15) is 30.7 Å². The standard InChI is InChI=1S/C16H22ClNO/c1-18-13-7-8-16(18)15(10-19-2)14(9-13)11-3-5-12(17)6-4-11/h3-6,13-16H,7-10H2,1-2H3/t13-,14?,15?,16+/m0/s1. The first kappa shape index (κ1) is 13.4. The molecule has 2 aliphatic rings. The van der Waals surface area contributed by atoms with Crippen LogP contribution in [-0.4, -0.2) is 37.7 Å². The third-order valence-corrected chi connectivity index (χ3v) is 5.34. The SMILES string of the molecule is COCC1C(c2ccc(Cl)cc2)C[C@@H]2CC[C@H]1N2C. The van der Waals surface area contributed by atoms with Crippen LogP contribution in [0.3, 0.4) is 0 Å². The molecule has 0 aliphatic carbocycles. The molecule has 2 saturated heterocycles. The Morgan fingerprint density at radius 1 is 1.26 bits per heavy atom. The molecule has 2 fully saturated rings. The van der Waals surface area contributed by atoms with Gasteiger partial charge in [-0.1, -0.05) is 23.7 Å². The van der Waals surface area contributed by atoms with Gasteiger partial charge in [-0.15, -0.1) is 0 Å². The molecule has 0 saturated carbocycles. The van der Waals surface area contributed by atoms with Gasteiger partial charge >= 0.3 is 0 Å². The first-order valence-electron chi connectivity index (χ1n) is 7.17. The summed E-state index contributed by atoms with van der Waals surface area (Å²) in [6.45, 7) is 0.856. The van der Waals surface area contributed by atoms with Crippen molar-refractivity contribution in [1.82, 2.24) is 4.90 Å². The Balaban J connectivity index is 1.88. The van der Waals surface area contributed by atoms with E-state index < -0.39 is 0 Å². The first-order chi connectivity index (χ1) is 9.20. The zero-order chi connectivity index (χ0) is 13.4. The van der Waals surface area contributed by atoms with Crippen molar-refractivity contribution in [1.29, 1.82) is 0 Å². The van der Waals surface area contributed by atoms with Gasteiger partial charge in [0, 0.05) is 30.1 Å². The van der Waals surface area contributed by atoms with Gasteiger partial charge in [0.1, 0.15) is 0 Å². The Hall–Kier alpha value is -0.570. The van der Waals surface area contributed by atoms with Crippen LogP contribution in [-0.2, 0) is 4.74 Å². The Morgan fingerprint density at radius 2 is 2.00 bits per heavy atom. The summed E-state index contributed by atoms with van der Waals surface area (Å²) >= 11 is 6.01. The third kappa shape index (κ3) is 2.42. The lowest BCUT2D eigenvalue weighted by molar-refractivity contribution is 0.0405. The lowest BCUT2D eigenvalue weighted by Crippen LogP contribution is -2.47. The fourth-order valence-electron chi connectivity index (χ4n) is 4.09. The van der Waals surface area contributed by atoms with Crippen LogP contribution < -0.4 is 0 Å². The third-order valence-electron chi connectivity index (χ3n) is 5.09. The van der Waals surface area contributed by atoms with Crippen LogP contribution in [0.25, 0.3) is 0 Å². The van der Waals surface area contributed by atoms with Crippen LogP contribution in [0.2, 0.25) is 5.02 Å². The number of hydrogen-bond donors (Lipinski definition) is 0. The van der Waals surface area contributed by atoms with Crippen molar-refractivity contribution < 1.29 is 4.74 Å². The van der Waals surface area contributed by atoms with Gasteiger partial charge in [-0.25, -0.2) is 0 Å². The van der Waals surface area contributed by atoms with Crippen molar-refractivity contribution in [3.63, 3.8) is 0 Å². The summed E-state index contributed by atoms with van der Waals surface area (Å²) in [5.41, 5.74) is 1.43. The minimum absolute atomic E-state index is 0.606. The molecule has 1 aromatic rings. The molecule has 0 amide bonds. The maximum Gasteiger partial charge on any atom is 0.0511 e. The average Bonchev–Trinajstić information content (AvgIpc) is 2.65. The van der Waals surface area contributed by atoms with E-state index in [1.54, 1.807) is 0 Å². The summed E-state index contributed by atoms with van der Waals surface area (Å²) in [6, 6.07) is 9.85. The Kier molecular flexibility index (Phi) is 3.84. The fourth-order valence-corrected chi connectivity index (χ4v) is 4.22. The second kappa shape index (κ2) is 5.43. The van der Waals surface area contributed by atoms with Gasteiger partial charge in [-0.05, 0) is 49.9 Å². The molecule has 2 heterocycles. The molecular formula is C16H22ClNO. The van der Waals surface area contributed by atoms with E-state index >= 15 is 0 Å². The van der Waals surface area contributed by atoms with E-state index in [0.29, 0.717) is 17.9 Å². The van der Waals surface area contributed by atoms with E-state index in [9.17, 15) is 0 Å². The van der Waals surface area contributed by atoms with Crippen LogP contribution >= 0.6 is 11.6 Å². The van der Waals surface area contributed by atoms with Gasteiger partial charge < -0.3 is 9.64 Å². The lowest BCUT2D eigenvalue weighted by Gasteiger charge is -2.43. The molecule has 2 nitrogen and oxygen atoms in total. The molecule has 104 valence electrons. The predicted molar refractivity (Wildman–Crippen MR) is 78.7 cm³/mol. The lowest BCUT2D eigenvalue weighted by atomic mass is 9.76. The first-order valence-corrected chi connectivity index (χ1v) is 7.55. The number of piperidine rings is 1. The number of rotatable bonds is 3. The number of nitrogens with zero attached hydrogens (tertiary/aromatic N) is 1. The second-order valence-electron chi connectivity index (χ2n) is 5.98. The normalized spacial score (nSPS) is 34.7. The molecular weight excluding hydrogens is 258 g/mol. The maximum absolute atomic E-state index is 6.01. The van der Waals surface area contributed by atoms with Gasteiger partial charge in [-0.3, -0.25) is 0 Å². The Morgan fingerprint density at radius 3 is 2.68 bits per heavy atom. The minimum atomic E-state index is 0.606. The summed E-state index contributed by atoms with van der Waals surface area (Å²) in [7, 11) is 4.10. The monoisotopic (exact) mass is 279 g/mol. The summed E-state index contributed by atoms with van der Waals surface area (Å²) in [5.74, 6) is 1.22. The number of methoxy groups -OCH3 is 1. The Labute approximate surface area is 120 Å². The van der Waals surface area contributed by atoms with E-state index in [2.05, 4.69) is 24.1 Å². The van der Waals surface area contributed by atoms with Crippen LogP contribution in [0.15, 0.2) is 24.3 Å². The second-order valence-corrected chi connectivity index (χ2v) is 6.41. The van der Waals surface area contributed by atoms with E-state index in [-0.39, 0.29) is 0 Å². The number of halogens is 1. The largest absolute Gasteiger partial charge is 0.384 e. The van der Waals surface area contributed by atoms with Gasteiger partial charge in [0.15, 0.2) is 0 Å². The highest BCUT2D eigenvalue weighted by atomic mass is 35.5. The summed E-state index contributed by atoms with van der Waals surface area (Å²) in [6.07, 6.45) is 3.91. The van der Waals surface area contributed by atoms with Crippen LogP contribution in [0, 0.1) is 5.92 Å². The van der Waals surface area contributed by atoms with Crippen LogP contribution in [0.5, 0.6) is 0 Å².